The molecule has 36 heavy (non-hydrogen) atoms. The molecule has 0 radical (unpaired) electrons. The molecule has 1 unspecified atom stereocenters. The minimum absolute atomic E-state index is 0.0324. The molecule has 1 saturated heterocycles. The smallest absolute Gasteiger partial charge is 0.0883 e. The van der Waals surface area contributed by atoms with E-state index in [1.54, 1.807) is 7.11 Å². The van der Waals surface area contributed by atoms with Crippen molar-refractivity contribution in [2.75, 3.05) is 7.11 Å². The van der Waals surface area contributed by atoms with Crippen LogP contribution >= 0.6 is 0 Å². The number of ether oxygens (including phenoxy) is 2. The summed E-state index contributed by atoms with van der Waals surface area (Å²) in [5.41, 5.74) is -0.619. The standard InChI is InChI=1S/C31H52O5/c1-25(2)21(34)9-12-31-17-30(31)14-13-27(5)24(29(7)11-10-22(36-29)26(3,4)35-8)19(33)16-28(27,6)20(30)15-18(32)23(25)31/h18-24,32-34H,9-17H2,1-8H3/t18-,19-,20-,21-,22-,23-,24-,27+,28-,29+,30?,31+/m0/s1. The third-order valence-electron chi connectivity index (χ3n) is 14.3. The summed E-state index contributed by atoms with van der Waals surface area (Å²) in [4.78, 5) is 0. The van der Waals surface area contributed by atoms with Gasteiger partial charge in [0.1, 0.15) is 0 Å². The number of hydrogen-bond donors (Lipinski definition) is 3. The molecule has 0 aromatic heterocycles. The van der Waals surface area contributed by atoms with Crippen LogP contribution in [0.3, 0.4) is 0 Å². The van der Waals surface area contributed by atoms with Gasteiger partial charge in [-0.1, -0.05) is 27.7 Å². The fourth-order valence-electron chi connectivity index (χ4n) is 12.3. The summed E-state index contributed by atoms with van der Waals surface area (Å²) in [5, 5.41) is 34.5. The Morgan fingerprint density at radius 3 is 2.17 bits per heavy atom. The molecule has 5 heteroatoms. The molecule has 12 atom stereocenters. The first kappa shape index (κ1) is 26.0. The molecule has 206 valence electrons. The summed E-state index contributed by atoms with van der Waals surface area (Å²) in [6, 6.07) is 0. The number of aliphatic hydroxyl groups excluding tert-OH is 3. The molecule has 6 rings (SSSR count). The van der Waals surface area contributed by atoms with E-state index in [4.69, 9.17) is 9.47 Å². The highest BCUT2D eigenvalue weighted by atomic mass is 16.6. The molecule has 1 aliphatic heterocycles. The van der Waals surface area contributed by atoms with Crippen molar-refractivity contribution < 1.29 is 24.8 Å². The Bertz CT molecular complexity index is 932. The minimum atomic E-state index is -0.390. The summed E-state index contributed by atoms with van der Waals surface area (Å²) in [7, 11) is 1.76. The predicted molar refractivity (Wildman–Crippen MR) is 139 cm³/mol. The molecule has 5 nitrogen and oxygen atoms in total. The first-order chi connectivity index (χ1) is 16.5. The maximum absolute atomic E-state index is 11.8. The number of hydrogen-bond acceptors (Lipinski definition) is 5. The zero-order valence-corrected chi connectivity index (χ0v) is 24.1. The topological polar surface area (TPSA) is 79.2 Å². The van der Waals surface area contributed by atoms with E-state index in [1.807, 2.05) is 0 Å². The van der Waals surface area contributed by atoms with Gasteiger partial charge in [0.25, 0.3) is 0 Å². The maximum atomic E-state index is 11.8. The Labute approximate surface area is 218 Å². The Morgan fingerprint density at radius 2 is 1.50 bits per heavy atom. The average Bonchev–Trinajstić information content (AvgIpc) is 3.15. The second kappa shape index (κ2) is 7.30. The Kier molecular flexibility index (Phi) is 5.28. The van der Waals surface area contributed by atoms with E-state index in [2.05, 4.69) is 48.5 Å². The monoisotopic (exact) mass is 504 g/mol. The SMILES string of the molecule is COC(C)(C)[C@@H]1CC[C@](C)([C@H]2[C@@H](O)C[C@@]3(C)[C@@H]4C[C@H](O)[C@H]5C(C)(C)[C@@H](O)CC[C@@]56CC46CC[C@]23C)O1. The predicted octanol–water partition coefficient (Wildman–Crippen LogP) is 5.09. The van der Waals surface area contributed by atoms with E-state index in [0.717, 1.165) is 44.9 Å². The molecule has 2 spiro atoms. The second-order valence-corrected chi connectivity index (χ2v) is 16.0. The van der Waals surface area contributed by atoms with Crippen molar-refractivity contribution >= 4 is 0 Å². The third-order valence-corrected chi connectivity index (χ3v) is 14.3. The first-order valence-electron chi connectivity index (χ1n) is 14.8. The van der Waals surface area contributed by atoms with Crippen molar-refractivity contribution in [1.82, 2.24) is 0 Å². The van der Waals surface area contributed by atoms with E-state index in [0.29, 0.717) is 5.92 Å². The normalized spacial score (nSPS) is 59.6. The van der Waals surface area contributed by atoms with Crippen LogP contribution in [0.15, 0.2) is 0 Å². The van der Waals surface area contributed by atoms with E-state index < -0.39 is 6.10 Å². The Balaban J connectivity index is 1.35. The van der Waals surface area contributed by atoms with Crippen molar-refractivity contribution in [2.45, 2.75) is 142 Å². The van der Waals surface area contributed by atoms with E-state index in [1.165, 1.54) is 12.8 Å². The van der Waals surface area contributed by atoms with Crippen LogP contribution in [0, 0.1) is 44.8 Å². The average molecular weight is 505 g/mol. The van der Waals surface area contributed by atoms with Crippen molar-refractivity contribution in [2.24, 2.45) is 44.8 Å². The van der Waals surface area contributed by atoms with Gasteiger partial charge < -0.3 is 24.8 Å². The Morgan fingerprint density at radius 1 is 0.806 bits per heavy atom. The molecular weight excluding hydrogens is 452 g/mol. The van der Waals surface area contributed by atoms with Gasteiger partial charge in [0, 0.05) is 13.0 Å². The van der Waals surface area contributed by atoms with Crippen molar-refractivity contribution in [1.29, 1.82) is 0 Å². The van der Waals surface area contributed by atoms with Crippen LogP contribution in [0.25, 0.3) is 0 Å². The maximum Gasteiger partial charge on any atom is 0.0883 e. The number of rotatable bonds is 3. The summed E-state index contributed by atoms with van der Waals surface area (Å²) in [6.45, 7) is 15.8. The molecule has 1 heterocycles. The molecule has 5 saturated carbocycles. The van der Waals surface area contributed by atoms with Crippen LogP contribution in [0.2, 0.25) is 0 Å². The van der Waals surface area contributed by atoms with Gasteiger partial charge in [-0.05, 0) is 117 Å². The number of methoxy groups -OCH3 is 1. The Hall–Kier alpha value is -0.200. The van der Waals surface area contributed by atoms with Crippen LogP contribution in [0.4, 0.5) is 0 Å². The van der Waals surface area contributed by atoms with Crippen LogP contribution < -0.4 is 0 Å². The zero-order valence-electron chi connectivity index (χ0n) is 24.1. The van der Waals surface area contributed by atoms with Crippen LogP contribution in [0.5, 0.6) is 0 Å². The van der Waals surface area contributed by atoms with E-state index in [-0.39, 0.29) is 68.4 Å². The summed E-state index contributed by atoms with van der Waals surface area (Å²) < 4.78 is 12.7. The number of aliphatic hydroxyl groups is 3. The molecule has 0 bridgehead atoms. The van der Waals surface area contributed by atoms with Crippen LogP contribution in [-0.4, -0.2) is 58.0 Å². The van der Waals surface area contributed by atoms with Gasteiger partial charge in [0.05, 0.1) is 35.6 Å². The lowest BCUT2D eigenvalue weighted by Gasteiger charge is -2.64. The highest BCUT2D eigenvalue weighted by molar-refractivity contribution is 5.33. The van der Waals surface area contributed by atoms with Crippen LogP contribution in [0.1, 0.15) is 106 Å². The van der Waals surface area contributed by atoms with Gasteiger partial charge in [-0.3, -0.25) is 0 Å². The lowest BCUT2D eigenvalue weighted by Crippen LogP contribution is -2.62. The molecule has 0 amide bonds. The lowest BCUT2D eigenvalue weighted by molar-refractivity contribution is -0.214. The molecule has 6 fully saturated rings. The summed E-state index contributed by atoms with van der Waals surface area (Å²) in [6.07, 6.45) is 7.86. The first-order valence-corrected chi connectivity index (χ1v) is 14.8. The summed E-state index contributed by atoms with van der Waals surface area (Å²) >= 11 is 0. The zero-order chi connectivity index (χ0) is 26.3. The van der Waals surface area contributed by atoms with Gasteiger partial charge in [-0.2, -0.15) is 0 Å². The molecule has 0 aromatic carbocycles. The van der Waals surface area contributed by atoms with Gasteiger partial charge >= 0.3 is 0 Å². The van der Waals surface area contributed by atoms with Gasteiger partial charge in [-0.25, -0.2) is 0 Å². The molecule has 3 N–H and O–H groups in total. The van der Waals surface area contributed by atoms with E-state index >= 15 is 0 Å². The molecular formula is C31H52O5. The van der Waals surface area contributed by atoms with Crippen LogP contribution in [-0.2, 0) is 9.47 Å². The largest absolute Gasteiger partial charge is 0.393 e. The quantitative estimate of drug-likeness (QED) is 0.499. The van der Waals surface area contributed by atoms with Crippen molar-refractivity contribution in [3.63, 3.8) is 0 Å². The second-order valence-electron chi connectivity index (χ2n) is 16.0. The lowest BCUT2D eigenvalue weighted by atomic mass is 9.41. The summed E-state index contributed by atoms with van der Waals surface area (Å²) in [5.74, 6) is 0.670. The van der Waals surface area contributed by atoms with Gasteiger partial charge in [0.15, 0.2) is 0 Å². The van der Waals surface area contributed by atoms with Crippen molar-refractivity contribution in [3.05, 3.63) is 0 Å². The highest BCUT2D eigenvalue weighted by Crippen LogP contribution is 2.89. The molecule has 6 aliphatic rings. The fourth-order valence-corrected chi connectivity index (χ4v) is 12.3. The number of fused-ring (bicyclic) bond motifs is 2. The van der Waals surface area contributed by atoms with E-state index in [9.17, 15) is 15.3 Å². The third kappa shape index (κ3) is 2.81. The fraction of sp³-hybridized carbons (Fsp3) is 1.00. The van der Waals surface area contributed by atoms with Gasteiger partial charge in [-0.15, -0.1) is 0 Å². The highest BCUT2D eigenvalue weighted by Gasteiger charge is 2.84. The van der Waals surface area contributed by atoms with Crippen molar-refractivity contribution in [3.8, 4) is 0 Å². The van der Waals surface area contributed by atoms with Gasteiger partial charge in [0.2, 0.25) is 0 Å². The molecule has 5 aliphatic carbocycles. The minimum Gasteiger partial charge on any atom is -0.393 e. The molecule has 0 aromatic rings.